The molecule has 21 heavy (non-hydrogen) atoms. The van der Waals surface area contributed by atoms with Crippen molar-refractivity contribution in [2.24, 2.45) is 4.99 Å². The van der Waals surface area contributed by atoms with Crippen molar-refractivity contribution in [2.45, 2.75) is 45.1 Å². The third-order valence-corrected chi connectivity index (χ3v) is 3.87. The molecule has 1 saturated carbocycles. The molecule has 0 saturated heterocycles. The number of guanidine groups is 1. The first-order valence-corrected chi connectivity index (χ1v) is 7.74. The monoisotopic (exact) mass is 421 g/mol. The van der Waals surface area contributed by atoms with E-state index in [1.807, 2.05) is 12.1 Å². The van der Waals surface area contributed by atoms with E-state index in [4.69, 9.17) is 16.6 Å². The van der Waals surface area contributed by atoms with E-state index < -0.39 is 0 Å². The van der Waals surface area contributed by atoms with E-state index in [1.54, 1.807) is 0 Å². The van der Waals surface area contributed by atoms with Gasteiger partial charge in [-0.3, -0.25) is 4.99 Å². The van der Waals surface area contributed by atoms with Crippen molar-refractivity contribution in [3.8, 4) is 0 Å². The predicted molar refractivity (Wildman–Crippen MR) is 102 cm³/mol. The SMILES string of the molecule is CCNC(=NCC1(c2ccc(Cl)cc2)CC1)NC(C)C.I. The second-order valence-electron chi connectivity index (χ2n) is 5.78. The topological polar surface area (TPSA) is 36.4 Å². The van der Waals surface area contributed by atoms with Crippen molar-refractivity contribution >= 4 is 41.5 Å². The fourth-order valence-corrected chi connectivity index (χ4v) is 2.44. The van der Waals surface area contributed by atoms with Crippen LogP contribution in [0.4, 0.5) is 0 Å². The van der Waals surface area contributed by atoms with Crippen LogP contribution in [0.1, 0.15) is 39.2 Å². The first kappa shape index (κ1) is 18.6. The maximum atomic E-state index is 5.96. The first-order chi connectivity index (χ1) is 9.55. The van der Waals surface area contributed by atoms with Crippen LogP contribution >= 0.6 is 35.6 Å². The lowest BCUT2D eigenvalue weighted by molar-refractivity contribution is 0.670. The van der Waals surface area contributed by atoms with E-state index in [2.05, 4.69) is 43.5 Å². The molecule has 0 aliphatic heterocycles. The molecule has 0 bridgehead atoms. The minimum Gasteiger partial charge on any atom is -0.357 e. The van der Waals surface area contributed by atoms with Gasteiger partial charge in [0.15, 0.2) is 5.96 Å². The third kappa shape index (κ3) is 5.33. The number of aliphatic imine (C=N–C) groups is 1. The number of benzene rings is 1. The molecule has 2 rings (SSSR count). The molecule has 2 N–H and O–H groups in total. The van der Waals surface area contributed by atoms with Crippen LogP contribution in [0.5, 0.6) is 0 Å². The minimum absolute atomic E-state index is 0. The molecule has 1 aliphatic carbocycles. The van der Waals surface area contributed by atoms with Crippen LogP contribution in [0, 0.1) is 0 Å². The number of nitrogens with zero attached hydrogens (tertiary/aromatic N) is 1. The van der Waals surface area contributed by atoms with Crippen LogP contribution in [-0.4, -0.2) is 25.1 Å². The summed E-state index contributed by atoms with van der Waals surface area (Å²) >= 11 is 5.96. The second kappa shape index (κ2) is 8.22. The van der Waals surface area contributed by atoms with E-state index in [1.165, 1.54) is 18.4 Å². The Balaban J connectivity index is 0.00000220. The highest BCUT2D eigenvalue weighted by atomic mass is 127. The number of rotatable bonds is 5. The van der Waals surface area contributed by atoms with Gasteiger partial charge in [0.1, 0.15) is 0 Å². The summed E-state index contributed by atoms with van der Waals surface area (Å²) in [5, 5.41) is 7.45. The van der Waals surface area contributed by atoms with Gasteiger partial charge in [-0.25, -0.2) is 0 Å². The van der Waals surface area contributed by atoms with E-state index in [9.17, 15) is 0 Å². The Labute approximate surface area is 150 Å². The summed E-state index contributed by atoms with van der Waals surface area (Å²) in [7, 11) is 0. The van der Waals surface area contributed by atoms with Crippen LogP contribution in [0.3, 0.4) is 0 Å². The van der Waals surface area contributed by atoms with Crippen molar-refractivity contribution in [3.05, 3.63) is 34.9 Å². The Morgan fingerprint density at radius 2 is 1.90 bits per heavy atom. The number of hydrogen-bond acceptors (Lipinski definition) is 1. The predicted octanol–water partition coefficient (Wildman–Crippen LogP) is 3.95. The molecule has 0 aromatic heterocycles. The van der Waals surface area contributed by atoms with E-state index in [0.29, 0.717) is 6.04 Å². The molecule has 1 fully saturated rings. The quantitative estimate of drug-likeness (QED) is 0.429. The number of halogens is 2. The molecule has 3 nitrogen and oxygen atoms in total. The fraction of sp³-hybridized carbons (Fsp3) is 0.562. The molecule has 5 heteroatoms. The van der Waals surface area contributed by atoms with Crippen LogP contribution in [0.25, 0.3) is 0 Å². The van der Waals surface area contributed by atoms with Gasteiger partial charge >= 0.3 is 0 Å². The zero-order valence-corrected chi connectivity index (χ0v) is 16.0. The Kier molecular flexibility index (Phi) is 7.27. The van der Waals surface area contributed by atoms with E-state index >= 15 is 0 Å². The van der Waals surface area contributed by atoms with Crippen molar-refractivity contribution < 1.29 is 0 Å². The van der Waals surface area contributed by atoms with E-state index in [-0.39, 0.29) is 29.4 Å². The highest BCUT2D eigenvalue weighted by Crippen LogP contribution is 2.48. The summed E-state index contributed by atoms with van der Waals surface area (Å²) < 4.78 is 0. The molecule has 0 amide bonds. The Morgan fingerprint density at radius 1 is 1.29 bits per heavy atom. The molecular formula is C16H25ClIN3. The van der Waals surface area contributed by atoms with Gasteiger partial charge in [0.05, 0.1) is 6.54 Å². The summed E-state index contributed by atoms with van der Waals surface area (Å²) in [5.41, 5.74) is 1.58. The Morgan fingerprint density at radius 3 is 2.38 bits per heavy atom. The van der Waals surface area contributed by atoms with Gasteiger partial charge in [-0.05, 0) is 51.3 Å². The molecule has 0 spiro atoms. The highest BCUT2D eigenvalue weighted by molar-refractivity contribution is 14.0. The lowest BCUT2D eigenvalue weighted by Crippen LogP contribution is -2.41. The fourth-order valence-electron chi connectivity index (χ4n) is 2.32. The Bertz CT molecular complexity index is 467. The molecular weight excluding hydrogens is 397 g/mol. The smallest absolute Gasteiger partial charge is 0.191 e. The number of nitrogens with one attached hydrogen (secondary N) is 2. The number of hydrogen-bond donors (Lipinski definition) is 2. The first-order valence-electron chi connectivity index (χ1n) is 7.36. The molecule has 118 valence electrons. The standard InChI is InChI=1S/C16H24ClN3.HI/c1-4-18-15(20-12(2)3)19-11-16(9-10-16)13-5-7-14(17)8-6-13;/h5-8,12H,4,9-11H2,1-3H3,(H2,18,19,20);1H. The molecule has 1 aliphatic rings. The molecule has 1 aromatic carbocycles. The van der Waals surface area contributed by atoms with Crippen molar-refractivity contribution in [2.75, 3.05) is 13.1 Å². The van der Waals surface area contributed by atoms with Gasteiger partial charge in [0.25, 0.3) is 0 Å². The summed E-state index contributed by atoms with van der Waals surface area (Å²) in [6.07, 6.45) is 2.42. The molecule has 0 unspecified atom stereocenters. The molecule has 1 aromatic rings. The van der Waals surface area contributed by atoms with Crippen LogP contribution < -0.4 is 10.6 Å². The normalized spacial score (nSPS) is 16.3. The van der Waals surface area contributed by atoms with Crippen molar-refractivity contribution in [1.29, 1.82) is 0 Å². The van der Waals surface area contributed by atoms with E-state index in [0.717, 1.165) is 24.1 Å². The van der Waals surface area contributed by atoms with Gasteiger partial charge in [-0.15, -0.1) is 24.0 Å². The van der Waals surface area contributed by atoms with Crippen LogP contribution in [0.15, 0.2) is 29.3 Å². The van der Waals surface area contributed by atoms with Crippen molar-refractivity contribution in [1.82, 2.24) is 10.6 Å². The maximum Gasteiger partial charge on any atom is 0.191 e. The van der Waals surface area contributed by atoms with Crippen LogP contribution in [-0.2, 0) is 5.41 Å². The molecule has 0 heterocycles. The average molecular weight is 422 g/mol. The summed E-state index contributed by atoms with van der Waals surface area (Å²) in [5.74, 6) is 0.905. The lowest BCUT2D eigenvalue weighted by atomic mass is 9.96. The Hall–Kier alpha value is -0.490. The lowest BCUT2D eigenvalue weighted by Gasteiger charge is -2.17. The van der Waals surface area contributed by atoms with Gasteiger partial charge < -0.3 is 10.6 Å². The van der Waals surface area contributed by atoms with Crippen molar-refractivity contribution in [3.63, 3.8) is 0 Å². The van der Waals surface area contributed by atoms with Gasteiger partial charge in [0, 0.05) is 23.0 Å². The van der Waals surface area contributed by atoms with Gasteiger partial charge in [-0.1, -0.05) is 23.7 Å². The van der Waals surface area contributed by atoms with Gasteiger partial charge in [-0.2, -0.15) is 0 Å². The molecule has 0 atom stereocenters. The highest BCUT2D eigenvalue weighted by Gasteiger charge is 2.44. The zero-order valence-electron chi connectivity index (χ0n) is 12.9. The summed E-state index contributed by atoms with van der Waals surface area (Å²) in [6, 6.07) is 8.59. The third-order valence-electron chi connectivity index (χ3n) is 3.62. The van der Waals surface area contributed by atoms with Gasteiger partial charge in [0.2, 0.25) is 0 Å². The molecule has 0 radical (unpaired) electrons. The summed E-state index contributed by atoms with van der Waals surface area (Å²) in [6.45, 7) is 8.05. The summed E-state index contributed by atoms with van der Waals surface area (Å²) in [4.78, 5) is 4.75. The van der Waals surface area contributed by atoms with Crippen LogP contribution in [0.2, 0.25) is 5.02 Å². The zero-order chi connectivity index (χ0) is 14.6. The second-order valence-corrected chi connectivity index (χ2v) is 6.22. The minimum atomic E-state index is 0. The average Bonchev–Trinajstić information content (AvgIpc) is 3.18. The largest absolute Gasteiger partial charge is 0.357 e. The maximum absolute atomic E-state index is 5.96.